The van der Waals surface area contributed by atoms with Gasteiger partial charge in [-0.3, -0.25) is 4.90 Å². The summed E-state index contributed by atoms with van der Waals surface area (Å²) in [5.41, 5.74) is 1.09. The Morgan fingerprint density at radius 1 is 1.35 bits per heavy atom. The molecule has 0 aliphatic carbocycles. The second-order valence-electron chi connectivity index (χ2n) is 5.95. The molecule has 0 radical (unpaired) electrons. The van der Waals surface area contributed by atoms with Crippen molar-refractivity contribution in [3.05, 3.63) is 35.9 Å². The van der Waals surface area contributed by atoms with Crippen molar-refractivity contribution in [2.45, 2.75) is 31.3 Å². The van der Waals surface area contributed by atoms with E-state index in [9.17, 15) is 0 Å². The van der Waals surface area contributed by atoms with Crippen LogP contribution in [0.5, 0.6) is 0 Å². The van der Waals surface area contributed by atoms with Gasteiger partial charge in [0.1, 0.15) is 0 Å². The van der Waals surface area contributed by atoms with E-state index in [-0.39, 0.29) is 6.10 Å². The molecule has 2 aliphatic heterocycles. The van der Waals surface area contributed by atoms with Crippen LogP contribution in [0.15, 0.2) is 30.3 Å². The second-order valence-corrected chi connectivity index (χ2v) is 5.95. The highest BCUT2D eigenvalue weighted by Crippen LogP contribution is 2.33. The number of likely N-dealkylation sites (N-methyl/N-ethyl adjacent to an activating group) is 1. The second kappa shape index (κ2) is 5.82. The van der Waals surface area contributed by atoms with Crippen LogP contribution in [0.4, 0.5) is 0 Å². The summed E-state index contributed by atoms with van der Waals surface area (Å²) in [6.07, 6.45) is 1.37. The van der Waals surface area contributed by atoms with Gasteiger partial charge in [0.25, 0.3) is 0 Å². The molecule has 1 N–H and O–H groups in total. The number of nitrogens with one attached hydrogen (secondary N) is 1. The summed E-state index contributed by atoms with van der Waals surface area (Å²) in [7, 11) is 2.18. The molecule has 1 aromatic rings. The van der Waals surface area contributed by atoms with E-state index in [2.05, 4.69) is 29.4 Å². The van der Waals surface area contributed by atoms with E-state index < -0.39 is 5.79 Å². The fourth-order valence-corrected chi connectivity index (χ4v) is 3.11. The number of ether oxygens (including phenoxy) is 2. The SMILES string of the molecule is CN(CC1COC(C)(c2ccccc2)O1)C1CCNC1. The summed E-state index contributed by atoms with van der Waals surface area (Å²) >= 11 is 0. The Kier molecular flexibility index (Phi) is 4.08. The van der Waals surface area contributed by atoms with E-state index in [1.54, 1.807) is 0 Å². The van der Waals surface area contributed by atoms with Crippen LogP contribution in [0.25, 0.3) is 0 Å². The average Bonchev–Trinajstić information content (AvgIpc) is 3.11. The highest BCUT2D eigenvalue weighted by atomic mass is 16.7. The first-order valence-electron chi connectivity index (χ1n) is 7.46. The van der Waals surface area contributed by atoms with Gasteiger partial charge in [-0.15, -0.1) is 0 Å². The van der Waals surface area contributed by atoms with Gasteiger partial charge in [0.15, 0.2) is 5.79 Å². The first-order valence-corrected chi connectivity index (χ1v) is 7.46. The molecule has 0 aromatic heterocycles. The lowest BCUT2D eigenvalue weighted by atomic mass is 10.1. The van der Waals surface area contributed by atoms with Crippen LogP contribution in [0.2, 0.25) is 0 Å². The molecule has 2 fully saturated rings. The van der Waals surface area contributed by atoms with Gasteiger partial charge in [0.2, 0.25) is 0 Å². The van der Waals surface area contributed by atoms with E-state index in [0.29, 0.717) is 12.6 Å². The Morgan fingerprint density at radius 3 is 2.85 bits per heavy atom. The molecule has 4 nitrogen and oxygen atoms in total. The van der Waals surface area contributed by atoms with Gasteiger partial charge in [-0.2, -0.15) is 0 Å². The summed E-state index contributed by atoms with van der Waals surface area (Å²) < 4.78 is 12.1. The highest BCUT2D eigenvalue weighted by Gasteiger charge is 2.39. The number of hydrogen-bond donors (Lipinski definition) is 1. The van der Waals surface area contributed by atoms with Crippen molar-refractivity contribution in [3.8, 4) is 0 Å². The minimum Gasteiger partial charge on any atom is -0.343 e. The normalized spacial score (nSPS) is 34.0. The van der Waals surface area contributed by atoms with E-state index in [1.807, 2.05) is 25.1 Å². The molecule has 2 aliphatic rings. The fraction of sp³-hybridized carbons (Fsp3) is 0.625. The summed E-state index contributed by atoms with van der Waals surface area (Å²) in [5.74, 6) is -0.597. The van der Waals surface area contributed by atoms with Crippen LogP contribution in [-0.4, -0.2) is 50.3 Å². The third-order valence-electron chi connectivity index (χ3n) is 4.38. The van der Waals surface area contributed by atoms with Crippen molar-refractivity contribution in [2.24, 2.45) is 0 Å². The molecule has 0 bridgehead atoms. The van der Waals surface area contributed by atoms with Crippen molar-refractivity contribution >= 4 is 0 Å². The molecule has 3 rings (SSSR count). The molecule has 2 saturated heterocycles. The number of benzene rings is 1. The predicted octanol–water partition coefficient (Wildman–Crippen LogP) is 1.57. The van der Waals surface area contributed by atoms with Gasteiger partial charge >= 0.3 is 0 Å². The largest absolute Gasteiger partial charge is 0.343 e. The lowest BCUT2D eigenvalue weighted by molar-refractivity contribution is -0.163. The predicted molar refractivity (Wildman–Crippen MR) is 78.5 cm³/mol. The first kappa shape index (κ1) is 14.0. The van der Waals surface area contributed by atoms with Gasteiger partial charge in [-0.1, -0.05) is 30.3 Å². The minimum atomic E-state index is -0.597. The maximum atomic E-state index is 6.18. The smallest absolute Gasteiger partial charge is 0.192 e. The quantitative estimate of drug-likeness (QED) is 0.905. The Balaban J connectivity index is 1.59. The molecule has 3 unspecified atom stereocenters. The molecule has 0 spiro atoms. The minimum absolute atomic E-state index is 0.144. The topological polar surface area (TPSA) is 33.7 Å². The molecule has 4 heteroatoms. The highest BCUT2D eigenvalue weighted by molar-refractivity contribution is 5.20. The molecule has 3 atom stereocenters. The Morgan fingerprint density at radius 2 is 2.15 bits per heavy atom. The van der Waals surface area contributed by atoms with Crippen LogP contribution in [0.3, 0.4) is 0 Å². The van der Waals surface area contributed by atoms with Gasteiger partial charge in [0.05, 0.1) is 12.7 Å². The maximum Gasteiger partial charge on any atom is 0.192 e. The zero-order valence-electron chi connectivity index (χ0n) is 12.3. The van der Waals surface area contributed by atoms with Gasteiger partial charge in [0, 0.05) is 24.7 Å². The molecule has 0 saturated carbocycles. The maximum absolute atomic E-state index is 6.18. The van der Waals surface area contributed by atoms with E-state index in [4.69, 9.17) is 9.47 Å². The molecule has 0 amide bonds. The zero-order chi connectivity index (χ0) is 14.0. The van der Waals surface area contributed by atoms with Crippen LogP contribution in [0, 0.1) is 0 Å². The number of hydrogen-bond acceptors (Lipinski definition) is 4. The lowest BCUT2D eigenvalue weighted by Crippen LogP contribution is -2.40. The van der Waals surface area contributed by atoms with Crippen molar-refractivity contribution < 1.29 is 9.47 Å². The first-order chi connectivity index (χ1) is 9.67. The Hall–Kier alpha value is -0.940. The van der Waals surface area contributed by atoms with Crippen LogP contribution < -0.4 is 5.32 Å². The molecular formula is C16H24N2O2. The Bertz CT molecular complexity index is 433. The molecule has 110 valence electrons. The van der Waals surface area contributed by atoms with Crippen molar-refractivity contribution in [2.75, 3.05) is 33.3 Å². The fourth-order valence-electron chi connectivity index (χ4n) is 3.11. The Labute approximate surface area is 121 Å². The average molecular weight is 276 g/mol. The standard InChI is InChI=1S/C16H24N2O2/c1-16(13-6-4-3-5-7-13)19-12-15(20-16)11-18(2)14-8-9-17-10-14/h3-7,14-15,17H,8-12H2,1-2H3. The van der Waals surface area contributed by atoms with Crippen molar-refractivity contribution in [1.29, 1.82) is 0 Å². The zero-order valence-corrected chi connectivity index (χ0v) is 12.3. The monoisotopic (exact) mass is 276 g/mol. The summed E-state index contributed by atoms with van der Waals surface area (Å²) in [6.45, 7) is 5.81. The molecular weight excluding hydrogens is 252 g/mol. The molecule has 1 aromatic carbocycles. The summed E-state index contributed by atoms with van der Waals surface area (Å²) in [5, 5.41) is 3.41. The van der Waals surface area contributed by atoms with E-state index >= 15 is 0 Å². The van der Waals surface area contributed by atoms with E-state index in [1.165, 1.54) is 6.42 Å². The van der Waals surface area contributed by atoms with Gasteiger partial charge < -0.3 is 14.8 Å². The molecule has 2 heterocycles. The summed E-state index contributed by atoms with van der Waals surface area (Å²) in [6, 6.07) is 10.8. The number of rotatable bonds is 4. The van der Waals surface area contributed by atoms with Crippen molar-refractivity contribution in [3.63, 3.8) is 0 Å². The van der Waals surface area contributed by atoms with Gasteiger partial charge in [-0.05, 0) is 26.9 Å². The van der Waals surface area contributed by atoms with Gasteiger partial charge in [-0.25, -0.2) is 0 Å². The summed E-state index contributed by atoms with van der Waals surface area (Å²) in [4.78, 5) is 2.39. The van der Waals surface area contributed by atoms with Crippen LogP contribution in [-0.2, 0) is 15.3 Å². The van der Waals surface area contributed by atoms with Crippen LogP contribution >= 0.6 is 0 Å². The lowest BCUT2D eigenvalue weighted by Gasteiger charge is -2.27. The third-order valence-corrected chi connectivity index (χ3v) is 4.38. The third kappa shape index (κ3) is 2.88. The molecule has 20 heavy (non-hydrogen) atoms. The van der Waals surface area contributed by atoms with Crippen LogP contribution in [0.1, 0.15) is 18.9 Å². The van der Waals surface area contributed by atoms with E-state index in [0.717, 1.165) is 25.2 Å². The number of nitrogens with zero attached hydrogens (tertiary/aromatic N) is 1. The van der Waals surface area contributed by atoms with Crippen molar-refractivity contribution in [1.82, 2.24) is 10.2 Å².